The quantitative estimate of drug-likeness (QED) is 0.867. The molecule has 1 aromatic carbocycles. The van der Waals surface area contributed by atoms with Gasteiger partial charge in [0.15, 0.2) is 0 Å². The molecule has 1 saturated heterocycles. The maximum Gasteiger partial charge on any atom is 0.377 e. The van der Waals surface area contributed by atoms with E-state index in [1.807, 2.05) is 0 Å². The first-order valence-corrected chi connectivity index (χ1v) is 5.96. The molecule has 1 aromatic rings. The molecule has 104 valence electrons. The van der Waals surface area contributed by atoms with Crippen molar-refractivity contribution in [2.24, 2.45) is 0 Å². The van der Waals surface area contributed by atoms with Crippen LogP contribution in [0.25, 0.3) is 0 Å². The maximum absolute atomic E-state index is 12.9. The lowest BCUT2D eigenvalue weighted by molar-refractivity contribution is -0.158. The van der Waals surface area contributed by atoms with Crippen molar-refractivity contribution in [2.45, 2.75) is 18.4 Å². The molecule has 0 amide bonds. The Bertz CT molecular complexity index is 496. The predicted molar refractivity (Wildman–Crippen MR) is 65.9 cm³/mol. The third kappa shape index (κ3) is 3.07. The van der Waals surface area contributed by atoms with Gasteiger partial charge in [-0.1, -0.05) is 11.6 Å². The molecule has 2 rings (SSSR count). The Morgan fingerprint density at radius 1 is 1.58 bits per heavy atom. The summed E-state index contributed by atoms with van der Waals surface area (Å²) in [5, 5.41) is 3.35. The number of esters is 1. The van der Waals surface area contributed by atoms with Crippen molar-refractivity contribution in [1.82, 2.24) is 0 Å². The lowest BCUT2D eigenvalue weighted by Crippen LogP contribution is -2.22. The third-order valence-electron chi connectivity index (χ3n) is 2.74. The maximum atomic E-state index is 12.9. The second-order valence-electron chi connectivity index (χ2n) is 4.17. The second-order valence-corrected chi connectivity index (χ2v) is 4.57. The van der Waals surface area contributed by atoms with Gasteiger partial charge in [-0.3, -0.25) is 0 Å². The van der Waals surface area contributed by atoms with E-state index in [0.717, 1.165) is 0 Å². The van der Waals surface area contributed by atoms with E-state index < -0.39 is 24.4 Å². The van der Waals surface area contributed by atoms with Crippen LogP contribution in [0.5, 0.6) is 5.75 Å². The van der Waals surface area contributed by atoms with Crippen LogP contribution in [0.15, 0.2) is 18.2 Å². The van der Waals surface area contributed by atoms with Crippen molar-refractivity contribution in [3.05, 3.63) is 23.2 Å². The Labute approximate surface area is 113 Å². The van der Waals surface area contributed by atoms with E-state index in [1.54, 1.807) is 18.2 Å². The van der Waals surface area contributed by atoms with Crippen molar-refractivity contribution in [1.29, 1.82) is 0 Å². The first-order valence-electron chi connectivity index (χ1n) is 5.58. The van der Waals surface area contributed by atoms with E-state index in [1.165, 1.54) is 7.11 Å². The van der Waals surface area contributed by atoms with E-state index in [9.17, 15) is 13.6 Å². The van der Waals surface area contributed by atoms with Crippen LogP contribution in [0.2, 0.25) is 5.02 Å². The molecule has 1 heterocycles. The summed E-state index contributed by atoms with van der Waals surface area (Å²) < 4.78 is 35.5. The number of cyclic esters (lactones) is 1. The number of alkyl halides is 2. The number of methoxy groups -OCH3 is 1. The molecule has 7 heteroatoms. The molecule has 0 radical (unpaired) electrons. The number of rotatable bonds is 4. The van der Waals surface area contributed by atoms with Crippen molar-refractivity contribution in [3.63, 3.8) is 0 Å². The number of nitrogens with one attached hydrogen (secondary N) is 1. The Hall–Kier alpha value is -1.56. The highest BCUT2D eigenvalue weighted by atomic mass is 35.5. The van der Waals surface area contributed by atoms with Gasteiger partial charge in [-0.05, 0) is 12.1 Å². The van der Waals surface area contributed by atoms with Gasteiger partial charge in [-0.25, -0.2) is 4.79 Å². The van der Waals surface area contributed by atoms with Gasteiger partial charge in [0, 0.05) is 11.8 Å². The molecule has 1 unspecified atom stereocenters. The molecular formula is C12H12ClF2NO3. The Morgan fingerprint density at radius 3 is 2.89 bits per heavy atom. The predicted octanol–water partition coefficient (Wildman–Crippen LogP) is 2.71. The average molecular weight is 292 g/mol. The number of benzene rings is 1. The average Bonchev–Trinajstić information content (AvgIpc) is 2.62. The number of carbonyl (C=O) groups is 1. The van der Waals surface area contributed by atoms with Crippen molar-refractivity contribution in [3.8, 4) is 5.75 Å². The molecule has 0 saturated carbocycles. The minimum absolute atomic E-state index is 0.103. The first kappa shape index (κ1) is 13.9. The van der Waals surface area contributed by atoms with Crippen LogP contribution in [-0.4, -0.2) is 31.7 Å². The zero-order valence-corrected chi connectivity index (χ0v) is 10.8. The summed E-state index contributed by atoms with van der Waals surface area (Å²) >= 11 is 5.86. The molecule has 1 atom stereocenters. The fourth-order valence-corrected chi connectivity index (χ4v) is 1.96. The molecule has 1 aliphatic rings. The molecular weight excluding hydrogens is 280 g/mol. The summed E-state index contributed by atoms with van der Waals surface area (Å²) in [5.74, 6) is -4.38. The van der Waals surface area contributed by atoms with E-state index in [0.29, 0.717) is 16.5 Å². The van der Waals surface area contributed by atoms with Gasteiger partial charge in [-0.2, -0.15) is 8.78 Å². The summed E-state index contributed by atoms with van der Waals surface area (Å²) in [5.41, 5.74) is 0.646. The Kier molecular flexibility index (Phi) is 3.80. The number of ether oxygens (including phenoxy) is 2. The van der Waals surface area contributed by atoms with Gasteiger partial charge < -0.3 is 14.8 Å². The lowest BCUT2D eigenvalue weighted by Gasteiger charge is -2.12. The van der Waals surface area contributed by atoms with Crippen molar-refractivity contribution >= 4 is 23.3 Å². The van der Waals surface area contributed by atoms with Crippen LogP contribution in [0.4, 0.5) is 14.5 Å². The molecule has 1 fully saturated rings. The highest BCUT2D eigenvalue weighted by Crippen LogP contribution is 2.31. The SMILES string of the molecule is COc1cc(NCC2CC(F)(F)C(=O)O2)ccc1Cl. The van der Waals surface area contributed by atoms with Crippen LogP contribution < -0.4 is 10.1 Å². The number of halogens is 3. The minimum atomic E-state index is -3.38. The Morgan fingerprint density at radius 2 is 2.32 bits per heavy atom. The Balaban J connectivity index is 1.95. The van der Waals surface area contributed by atoms with Crippen LogP contribution >= 0.6 is 11.6 Å². The smallest absolute Gasteiger partial charge is 0.377 e. The topological polar surface area (TPSA) is 47.6 Å². The number of carbonyl (C=O) groups excluding carboxylic acids is 1. The zero-order valence-electron chi connectivity index (χ0n) is 10.1. The number of hydrogen-bond acceptors (Lipinski definition) is 4. The summed E-state index contributed by atoms with van der Waals surface area (Å²) in [6.07, 6.45) is -1.45. The molecule has 19 heavy (non-hydrogen) atoms. The first-order chi connectivity index (χ1) is 8.92. The molecule has 0 bridgehead atoms. The molecule has 1 N–H and O–H groups in total. The second kappa shape index (κ2) is 5.21. The molecule has 0 aromatic heterocycles. The zero-order chi connectivity index (χ0) is 14.0. The fraction of sp³-hybridized carbons (Fsp3) is 0.417. The van der Waals surface area contributed by atoms with Gasteiger partial charge in [-0.15, -0.1) is 0 Å². The van der Waals surface area contributed by atoms with Crippen molar-refractivity contribution < 1.29 is 23.0 Å². The van der Waals surface area contributed by atoms with Crippen LogP contribution in [0.1, 0.15) is 6.42 Å². The fourth-order valence-electron chi connectivity index (χ4n) is 1.76. The van der Waals surface area contributed by atoms with Crippen LogP contribution in [-0.2, 0) is 9.53 Å². The standard InChI is InChI=1S/C12H12ClF2NO3/c1-18-10-4-7(2-3-9(10)13)16-6-8-5-12(14,15)11(17)19-8/h2-4,8,16H,5-6H2,1H3. The van der Waals surface area contributed by atoms with E-state index in [2.05, 4.69) is 10.1 Å². The summed E-state index contributed by atoms with van der Waals surface area (Å²) in [6, 6.07) is 4.94. The van der Waals surface area contributed by atoms with Gasteiger partial charge in [0.2, 0.25) is 0 Å². The van der Waals surface area contributed by atoms with Gasteiger partial charge in [0.25, 0.3) is 0 Å². The number of anilines is 1. The van der Waals surface area contributed by atoms with Gasteiger partial charge in [0.05, 0.1) is 25.1 Å². The normalized spacial score (nSPS) is 21.1. The largest absolute Gasteiger partial charge is 0.495 e. The summed E-state index contributed by atoms with van der Waals surface area (Å²) in [4.78, 5) is 10.8. The highest BCUT2D eigenvalue weighted by molar-refractivity contribution is 6.32. The molecule has 0 spiro atoms. The van der Waals surface area contributed by atoms with Gasteiger partial charge >= 0.3 is 11.9 Å². The monoisotopic (exact) mass is 291 g/mol. The highest BCUT2D eigenvalue weighted by Gasteiger charge is 2.50. The molecule has 1 aliphatic heterocycles. The summed E-state index contributed by atoms with van der Waals surface area (Å²) in [6.45, 7) is 0.103. The van der Waals surface area contributed by atoms with E-state index in [4.69, 9.17) is 16.3 Å². The van der Waals surface area contributed by atoms with Gasteiger partial charge in [0.1, 0.15) is 11.9 Å². The number of hydrogen-bond donors (Lipinski definition) is 1. The minimum Gasteiger partial charge on any atom is -0.495 e. The van der Waals surface area contributed by atoms with Crippen LogP contribution in [0.3, 0.4) is 0 Å². The van der Waals surface area contributed by atoms with Crippen molar-refractivity contribution in [2.75, 3.05) is 19.0 Å². The van der Waals surface area contributed by atoms with E-state index >= 15 is 0 Å². The molecule has 4 nitrogen and oxygen atoms in total. The lowest BCUT2D eigenvalue weighted by atomic mass is 10.2. The molecule has 0 aliphatic carbocycles. The summed E-state index contributed by atoms with van der Waals surface area (Å²) in [7, 11) is 1.48. The third-order valence-corrected chi connectivity index (χ3v) is 3.05. The van der Waals surface area contributed by atoms with E-state index in [-0.39, 0.29) is 6.54 Å². The van der Waals surface area contributed by atoms with Crippen LogP contribution in [0, 0.1) is 0 Å².